The summed E-state index contributed by atoms with van der Waals surface area (Å²) in [6.07, 6.45) is -3.65. The van der Waals surface area contributed by atoms with Gasteiger partial charge < -0.3 is 10.1 Å². The summed E-state index contributed by atoms with van der Waals surface area (Å²) in [5.41, 5.74) is -1.11. The molecule has 0 saturated carbocycles. The number of nitrogens with zero attached hydrogens (tertiary/aromatic N) is 4. The van der Waals surface area contributed by atoms with E-state index in [0.717, 1.165) is 0 Å². The number of ether oxygens (including phenoxy) is 1. The van der Waals surface area contributed by atoms with Crippen molar-refractivity contribution >= 4 is 27.2 Å². The minimum Gasteiger partial charge on any atom is -0.450 e. The van der Waals surface area contributed by atoms with Gasteiger partial charge in [-0.2, -0.15) is 23.6 Å². The topological polar surface area (TPSA) is 99.5 Å². The molecule has 7 nitrogen and oxygen atoms in total. The van der Waals surface area contributed by atoms with Crippen molar-refractivity contribution in [2.45, 2.75) is 6.18 Å². The second kappa shape index (κ2) is 8.46. The normalized spacial score (nSPS) is 11.8. The van der Waals surface area contributed by atoms with Gasteiger partial charge in [0.05, 0.1) is 10.0 Å². The number of benzene rings is 2. The Morgan fingerprint density at radius 3 is 2.47 bits per heavy atom. The molecule has 0 bridgehead atoms. The van der Waals surface area contributed by atoms with E-state index in [1.54, 1.807) is 0 Å². The lowest BCUT2D eigenvalue weighted by atomic mass is 10.2. The summed E-state index contributed by atoms with van der Waals surface area (Å²) in [6, 6.07) is 6.45. The average Bonchev–Trinajstić information content (AvgIpc) is 3.21. The van der Waals surface area contributed by atoms with Gasteiger partial charge in [0.25, 0.3) is 0 Å². The Labute approximate surface area is 173 Å². The minimum atomic E-state index is -4.91. The Bertz CT molecular complexity index is 1120. The first-order valence-electron chi connectivity index (χ1n) is 7.83. The summed E-state index contributed by atoms with van der Waals surface area (Å²) in [5, 5.41) is 24.7. The van der Waals surface area contributed by atoms with Gasteiger partial charge in [-0.25, -0.2) is 8.78 Å². The van der Waals surface area contributed by atoms with E-state index in [0.29, 0.717) is 5.69 Å². The molecule has 2 aromatic carbocycles. The summed E-state index contributed by atoms with van der Waals surface area (Å²) in [6.45, 7) is 0. The van der Waals surface area contributed by atoms with Crippen LogP contribution in [0.25, 0.3) is 5.57 Å². The number of aromatic nitrogens is 4. The number of hydrogen-bond donors (Lipinski definition) is 2. The van der Waals surface area contributed by atoms with Gasteiger partial charge in [0.1, 0.15) is 17.4 Å². The monoisotopic (exact) mass is 486 g/mol. The number of nitriles is 1. The van der Waals surface area contributed by atoms with Crippen LogP contribution in [0.15, 0.2) is 41.0 Å². The van der Waals surface area contributed by atoms with Crippen LogP contribution in [-0.4, -0.2) is 20.6 Å². The SMILES string of the molecule is N#CC(=CNc1ccc(Br)c(Oc2c(F)cc(C(F)(F)F)cc2F)c1)c1nn[nH]n1. The van der Waals surface area contributed by atoms with Crippen LogP contribution in [0, 0.1) is 23.0 Å². The zero-order valence-electron chi connectivity index (χ0n) is 14.4. The number of halogens is 6. The number of aromatic amines is 1. The van der Waals surface area contributed by atoms with Crippen LogP contribution in [0.5, 0.6) is 11.5 Å². The molecule has 154 valence electrons. The molecule has 0 saturated heterocycles. The molecule has 0 unspecified atom stereocenters. The van der Waals surface area contributed by atoms with Gasteiger partial charge in [0.15, 0.2) is 17.4 Å². The summed E-state index contributed by atoms with van der Waals surface area (Å²) in [7, 11) is 0. The van der Waals surface area contributed by atoms with Crippen molar-refractivity contribution in [3.05, 3.63) is 64.0 Å². The minimum absolute atomic E-state index is 0.0347. The van der Waals surface area contributed by atoms with Gasteiger partial charge >= 0.3 is 6.18 Å². The smallest absolute Gasteiger partial charge is 0.416 e. The maximum absolute atomic E-state index is 14.1. The van der Waals surface area contributed by atoms with E-state index in [1.165, 1.54) is 24.4 Å². The Morgan fingerprint density at radius 1 is 1.20 bits per heavy atom. The standard InChI is InChI=1S/C17H8BrF5N6O/c18-11-2-1-10(25-7-8(6-24)16-26-28-29-27-16)5-14(11)30-15-12(19)3-9(4-13(15)20)17(21,22)23/h1-5,7,25H,(H,26,27,28,29). The summed E-state index contributed by atoms with van der Waals surface area (Å²) in [5.74, 6) is -4.09. The van der Waals surface area contributed by atoms with Gasteiger partial charge in [-0.1, -0.05) is 0 Å². The lowest BCUT2D eigenvalue weighted by Gasteiger charge is -2.13. The van der Waals surface area contributed by atoms with Gasteiger partial charge in [-0.15, -0.1) is 10.2 Å². The molecule has 0 amide bonds. The molecule has 3 aromatic rings. The molecule has 2 N–H and O–H groups in total. The van der Waals surface area contributed by atoms with E-state index in [-0.39, 0.29) is 33.8 Å². The number of anilines is 1. The van der Waals surface area contributed by atoms with Gasteiger partial charge in [0, 0.05) is 18.0 Å². The molecule has 0 aliphatic rings. The van der Waals surface area contributed by atoms with Crippen LogP contribution in [0.2, 0.25) is 0 Å². The molecule has 1 aromatic heterocycles. The number of nitrogens with one attached hydrogen (secondary N) is 2. The van der Waals surface area contributed by atoms with Crippen LogP contribution in [0.1, 0.15) is 11.4 Å². The fourth-order valence-corrected chi connectivity index (χ4v) is 2.51. The number of tetrazole rings is 1. The van der Waals surface area contributed by atoms with Crippen molar-refractivity contribution in [2.24, 2.45) is 0 Å². The fraction of sp³-hybridized carbons (Fsp3) is 0.0588. The van der Waals surface area contributed by atoms with Crippen molar-refractivity contribution < 1.29 is 26.7 Å². The Balaban J connectivity index is 1.87. The lowest BCUT2D eigenvalue weighted by Crippen LogP contribution is -2.07. The molecule has 0 fully saturated rings. The average molecular weight is 487 g/mol. The highest BCUT2D eigenvalue weighted by molar-refractivity contribution is 9.10. The van der Waals surface area contributed by atoms with E-state index < -0.39 is 29.1 Å². The van der Waals surface area contributed by atoms with Crippen LogP contribution in [0.3, 0.4) is 0 Å². The Kier molecular flexibility index (Phi) is 5.97. The third-order valence-corrected chi connectivity index (χ3v) is 4.21. The zero-order chi connectivity index (χ0) is 21.9. The molecule has 0 spiro atoms. The largest absolute Gasteiger partial charge is 0.450 e. The third kappa shape index (κ3) is 4.71. The quantitative estimate of drug-likeness (QED) is 0.387. The molecule has 0 aliphatic heterocycles. The molecule has 1 heterocycles. The van der Waals surface area contributed by atoms with E-state index in [4.69, 9.17) is 10.00 Å². The summed E-state index contributed by atoms with van der Waals surface area (Å²) < 4.78 is 71.5. The molecular formula is C17H8BrF5N6O. The maximum atomic E-state index is 14.1. The van der Waals surface area contributed by atoms with Crippen molar-refractivity contribution in [1.29, 1.82) is 5.26 Å². The van der Waals surface area contributed by atoms with E-state index in [2.05, 4.69) is 41.9 Å². The first-order chi connectivity index (χ1) is 14.2. The van der Waals surface area contributed by atoms with Crippen molar-refractivity contribution in [2.75, 3.05) is 5.32 Å². The van der Waals surface area contributed by atoms with Crippen LogP contribution >= 0.6 is 15.9 Å². The molecular weight excluding hydrogens is 479 g/mol. The lowest BCUT2D eigenvalue weighted by molar-refractivity contribution is -0.138. The van der Waals surface area contributed by atoms with Crippen molar-refractivity contribution in [3.63, 3.8) is 0 Å². The first kappa shape index (κ1) is 21.2. The number of rotatable bonds is 5. The predicted molar refractivity (Wildman–Crippen MR) is 97.0 cm³/mol. The zero-order valence-corrected chi connectivity index (χ0v) is 16.0. The highest BCUT2D eigenvalue weighted by atomic mass is 79.9. The van der Waals surface area contributed by atoms with Gasteiger partial charge in [-0.3, -0.25) is 0 Å². The second-order valence-electron chi connectivity index (χ2n) is 5.56. The molecule has 30 heavy (non-hydrogen) atoms. The van der Waals surface area contributed by atoms with Crippen molar-refractivity contribution in [3.8, 4) is 17.6 Å². The summed E-state index contributed by atoms with van der Waals surface area (Å²) >= 11 is 3.13. The van der Waals surface area contributed by atoms with Crippen LogP contribution < -0.4 is 10.1 Å². The first-order valence-corrected chi connectivity index (χ1v) is 8.62. The summed E-state index contributed by atoms with van der Waals surface area (Å²) in [4.78, 5) is 0. The maximum Gasteiger partial charge on any atom is 0.416 e. The van der Waals surface area contributed by atoms with E-state index >= 15 is 0 Å². The number of allylic oxidation sites excluding steroid dienone is 1. The second-order valence-corrected chi connectivity index (χ2v) is 6.42. The third-order valence-electron chi connectivity index (χ3n) is 3.56. The van der Waals surface area contributed by atoms with E-state index in [9.17, 15) is 22.0 Å². The molecule has 0 aliphatic carbocycles. The highest BCUT2D eigenvalue weighted by Gasteiger charge is 2.33. The molecule has 3 rings (SSSR count). The van der Waals surface area contributed by atoms with Gasteiger partial charge in [0.2, 0.25) is 5.82 Å². The fourth-order valence-electron chi connectivity index (χ4n) is 2.18. The number of H-pyrrole nitrogens is 1. The van der Waals surface area contributed by atoms with E-state index in [1.807, 2.05) is 6.07 Å². The van der Waals surface area contributed by atoms with Crippen LogP contribution in [0.4, 0.5) is 27.6 Å². The number of alkyl halides is 3. The Hall–Kier alpha value is -3.53. The van der Waals surface area contributed by atoms with Crippen molar-refractivity contribution in [1.82, 2.24) is 20.6 Å². The number of hydrogen-bond acceptors (Lipinski definition) is 6. The molecule has 0 radical (unpaired) electrons. The van der Waals surface area contributed by atoms with Gasteiger partial charge in [-0.05, 0) is 45.4 Å². The molecule has 13 heteroatoms. The highest BCUT2D eigenvalue weighted by Crippen LogP contribution is 2.38. The predicted octanol–water partition coefficient (Wildman–Crippen LogP) is 5.03. The van der Waals surface area contributed by atoms with Crippen LogP contribution in [-0.2, 0) is 6.18 Å². The molecule has 0 atom stereocenters. The Morgan fingerprint density at radius 2 is 1.90 bits per heavy atom.